The van der Waals surface area contributed by atoms with Crippen LogP contribution < -0.4 is 25.2 Å². The average Bonchev–Trinajstić information content (AvgIpc) is 3.45. The zero-order valence-corrected chi connectivity index (χ0v) is 17.5. The van der Waals surface area contributed by atoms with Crippen molar-refractivity contribution in [2.24, 2.45) is 0 Å². The van der Waals surface area contributed by atoms with E-state index < -0.39 is 5.91 Å². The van der Waals surface area contributed by atoms with Gasteiger partial charge in [0.05, 0.1) is 36.8 Å². The number of carbonyl (C=O) groups excluding carboxylic acids is 2. The van der Waals surface area contributed by atoms with Crippen molar-refractivity contribution in [3.8, 4) is 5.88 Å². The number of hydrogen-bond acceptors (Lipinski definition) is 8. The van der Waals surface area contributed by atoms with E-state index in [2.05, 4.69) is 25.5 Å². The molecule has 1 fully saturated rings. The highest BCUT2D eigenvalue weighted by molar-refractivity contribution is 6.10. The molecule has 5 rings (SSSR count). The lowest BCUT2D eigenvalue weighted by molar-refractivity contribution is 0.0975. The minimum absolute atomic E-state index is 0.106. The number of carbonyl (C=O) groups is 2. The average molecular weight is 434 g/mol. The van der Waals surface area contributed by atoms with Gasteiger partial charge in [-0.15, -0.1) is 0 Å². The van der Waals surface area contributed by atoms with E-state index in [9.17, 15) is 9.59 Å². The Hall–Kier alpha value is -3.92. The topological polar surface area (TPSA) is 113 Å². The number of methoxy groups -OCH3 is 1. The number of aromatic nitrogens is 2. The third kappa shape index (κ3) is 3.65. The normalized spacial score (nSPS) is 15.6. The first-order valence-electron chi connectivity index (χ1n) is 10.3. The Morgan fingerprint density at radius 3 is 2.88 bits per heavy atom. The summed E-state index contributed by atoms with van der Waals surface area (Å²) >= 11 is 0. The van der Waals surface area contributed by atoms with E-state index in [1.54, 1.807) is 36.8 Å². The predicted octanol–water partition coefficient (Wildman–Crippen LogP) is 1.90. The van der Waals surface area contributed by atoms with Crippen molar-refractivity contribution in [2.45, 2.75) is 6.54 Å². The maximum Gasteiger partial charge on any atom is 0.291 e. The maximum absolute atomic E-state index is 12.9. The van der Waals surface area contributed by atoms with Gasteiger partial charge in [0, 0.05) is 56.3 Å². The van der Waals surface area contributed by atoms with E-state index in [0.29, 0.717) is 29.6 Å². The van der Waals surface area contributed by atoms with Gasteiger partial charge in [0.1, 0.15) is 0 Å². The number of hydrogen-bond donors (Lipinski definition) is 2. The Morgan fingerprint density at radius 1 is 1.22 bits per heavy atom. The number of ether oxygens (including phenoxy) is 1. The van der Waals surface area contributed by atoms with E-state index in [1.165, 1.54) is 12.0 Å². The first-order valence-corrected chi connectivity index (χ1v) is 10.3. The number of rotatable bonds is 5. The number of nitrogens with zero attached hydrogens (tertiary/aromatic N) is 4. The van der Waals surface area contributed by atoms with Crippen molar-refractivity contribution < 1.29 is 18.7 Å². The third-order valence-electron chi connectivity index (χ3n) is 5.56. The molecule has 3 aromatic heterocycles. The molecule has 2 aliphatic rings. The Labute approximate surface area is 184 Å². The van der Waals surface area contributed by atoms with Gasteiger partial charge < -0.3 is 24.7 Å². The summed E-state index contributed by atoms with van der Waals surface area (Å²) in [5.74, 6) is 0.136. The quantitative estimate of drug-likeness (QED) is 0.626. The predicted molar refractivity (Wildman–Crippen MR) is 117 cm³/mol. The van der Waals surface area contributed by atoms with Crippen LogP contribution in [0.25, 0.3) is 0 Å². The van der Waals surface area contributed by atoms with Crippen molar-refractivity contribution in [3.63, 3.8) is 0 Å². The van der Waals surface area contributed by atoms with Gasteiger partial charge in [0.15, 0.2) is 5.76 Å². The van der Waals surface area contributed by atoms with Gasteiger partial charge in [-0.3, -0.25) is 19.5 Å². The van der Waals surface area contributed by atoms with Crippen LogP contribution in [0.2, 0.25) is 0 Å². The lowest BCUT2D eigenvalue weighted by atomic mass is 10.2. The minimum atomic E-state index is -0.409. The molecule has 1 saturated heterocycles. The van der Waals surface area contributed by atoms with Gasteiger partial charge in [0.25, 0.3) is 11.8 Å². The summed E-state index contributed by atoms with van der Waals surface area (Å²) in [7, 11) is 1.50. The third-order valence-corrected chi connectivity index (χ3v) is 5.56. The summed E-state index contributed by atoms with van der Waals surface area (Å²) in [5, 5.41) is 6.20. The van der Waals surface area contributed by atoms with Crippen molar-refractivity contribution in [3.05, 3.63) is 59.7 Å². The number of furan rings is 1. The van der Waals surface area contributed by atoms with Gasteiger partial charge in [-0.05, 0) is 12.1 Å². The number of pyridine rings is 2. The molecule has 2 N–H and O–H groups in total. The van der Waals surface area contributed by atoms with Crippen molar-refractivity contribution in [1.29, 1.82) is 0 Å². The fraction of sp³-hybridized carbons (Fsp3) is 0.273. The molecule has 2 aliphatic heterocycles. The first-order chi connectivity index (χ1) is 15.6. The lowest BCUT2D eigenvalue weighted by Gasteiger charge is -2.30. The summed E-state index contributed by atoms with van der Waals surface area (Å²) in [6.45, 7) is 3.76. The van der Waals surface area contributed by atoms with Crippen LogP contribution in [0.15, 0.2) is 47.3 Å². The molecule has 0 spiro atoms. The number of anilines is 3. The van der Waals surface area contributed by atoms with E-state index in [4.69, 9.17) is 9.15 Å². The SMILES string of the molecule is COc1cc2c(cn1)CN(c1ccc(C(=O)Nc3cnccc3N3CCNCC3)o1)C2=O. The highest BCUT2D eigenvalue weighted by atomic mass is 16.5. The Morgan fingerprint density at radius 2 is 2.06 bits per heavy atom. The van der Waals surface area contributed by atoms with Crippen LogP contribution in [0, 0.1) is 0 Å². The Bertz CT molecular complexity index is 1170. The van der Waals surface area contributed by atoms with Gasteiger partial charge >= 0.3 is 0 Å². The first kappa shape index (κ1) is 20.0. The molecule has 0 radical (unpaired) electrons. The standard InChI is InChI=1S/C22H22N6O4/c1-31-19-10-15-14(11-25-19)13-28(22(15)30)20-3-2-18(32-20)21(29)26-16-12-24-5-4-17(16)27-8-6-23-7-9-27/h2-5,10-12,23H,6-9,13H2,1H3,(H,26,29). The molecule has 3 aromatic rings. The molecule has 0 atom stereocenters. The lowest BCUT2D eigenvalue weighted by Crippen LogP contribution is -2.43. The summed E-state index contributed by atoms with van der Waals surface area (Å²) in [4.78, 5) is 37.6. The zero-order valence-electron chi connectivity index (χ0n) is 17.5. The number of nitrogens with one attached hydrogen (secondary N) is 2. The van der Waals surface area contributed by atoms with Crippen LogP contribution in [-0.4, -0.2) is 55.1 Å². The molecule has 0 aliphatic carbocycles. The second kappa shape index (κ2) is 8.31. The Kier molecular flexibility index (Phi) is 5.20. The second-order valence-corrected chi connectivity index (χ2v) is 7.50. The molecular weight excluding hydrogens is 412 g/mol. The molecule has 10 nitrogen and oxygen atoms in total. The van der Waals surface area contributed by atoms with Crippen molar-refractivity contribution in [2.75, 3.05) is 48.4 Å². The molecule has 32 heavy (non-hydrogen) atoms. The molecular formula is C22H22N6O4. The maximum atomic E-state index is 12.9. The van der Waals surface area contributed by atoms with E-state index >= 15 is 0 Å². The van der Waals surface area contributed by atoms with E-state index in [-0.39, 0.29) is 11.7 Å². The van der Waals surface area contributed by atoms with Crippen LogP contribution in [-0.2, 0) is 6.54 Å². The van der Waals surface area contributed by atoms with E-state index in [0.717, 1.165) is 37.4 Å². The molecule has 0 aromatic carbocycles. The number of piperazine rings is 1. The summed E-state index contributed by atoms with van der Waals surface area (Å²) < 4.78 is 10.8. The Balaban J connectivity index is 1.33. The molecule has 5 heterocycles. The van der Waals surface area contributed by atoms with Gasteiger partial charge in [-0.1, -0.05) is 0 Å². The van der Waals surface area contributed by atoms with Gasteiger partial charge in [0.2, 0.25) is 11.8 Å². The molecule has 2 amide bonds. The largest absolute Gasteiger partial charge is 0.481 e. The number of fused-ring (bicyclic) bond motifs is 1. The van der Waals surface area contributed by atoms with Gasteiger partial charge in [-0.25, -0.2) is 4.98 Å². The van der Waals surface area contributed by atoms with Crippen LogP contribution in [0.4, 0.5) is 17.3 Å². The summed E-state index contributed by atoms with van der Waals surface area (Å²) in [6.07, 6.45) is 4.95. The molecule has 164 valence electrons. The number of amides is 2. The monoisotopic (exact) mass is 434 g/mol. The van der Waals surface area contributed by atoms with Crippen LogP contribution >= 0.6 is 0 Å². The van der Waals surface area contributed by atoms with Crippen molar-refractivity contribution in [1.82, 2.24) is 15.3 Å². The fourth-order valence-electron chi connectivity index (χ4n) is 3.91. The molecule has 10 heteroatoms. The summed E-state index contributed by atoms with van der Waals surface area (Å²) in [5.41, 5.74) is 2.80. The second-order valence-electron chi connectivity index (χ2n) is 7.50. The molecule has 0 bridgehead atoms. The van der Waals surface area contributed by atoms with E-state index in [1.807, 2.05) is 6.07 Å². The zero-order chi connectivity index (χ0) is 22.1. The van der Waals surface area contributed by atoms with Crippen LogP contribution in [0.3, 0.4) is 0 Å². The summed E-state index contributed by atoms with van der Waals surface area (Å²) in [6, 6.07) is 6.66. The van der Waals surface area contributed by atoms with Crippen molar-refractivity contribution >= 4 is 29.1 Å². The minimum Gasteiger partial charge on any atom is -0.481 e. The fourth-order valence-corrected chi connectivity index (χ4v) is 3.91. The smallest absolute Gasteiger partial charge is 0.291 e. The van der Waals surface area contributed by atoms with Crippen LogP contribution in [0.1, 0.15) is 26.5 Å². The highest BCUT2D eigenvalue weighted by Crippen LogP contribution is 2.31. The molecule has 0 unspecified atom stereocenters. The van der Waals surface area contributed by atoms with Crippen LogP contribution in [0.5, 0.6) is 5.88 Å². The van der Waals surface area contributed by atoms with Gasteiger partial charge in [-0.2, -0.15) is 0 Å². The highest BCUT2D eigenvalue weighted by Gasteiger charge is 2.32. The molecule has 0 saturated carbocycles.